The summed E-state index contributed by atoms with van der Waals surface area (Å²) in [4.78, 5) is 18.6. The molecule has 0 aliphatic carbocycles. The highest BCUT2D eigenvalue weighted by molar-refractivity contribution is 6.54. The second kappa shape index (κ2) is 6.12. The first-order chi connectivity index (χ1) is 10.7. The molecule has 1 aliphatic heterocycles. The SMILES string of the molecule is CCCN1C(=O)C(=NC(O)c2ccccc2)c2ccccc21. The lowest BCUT2D eigenvalue weighted by atomic mass is 10.1. The van der Waals surface area contributed by atoms with Crippen LogP contribution in [0.4, 0.5) is 5.69 Å². The molecule has 0 saturated heterocycles. The number of nitrogens with zero attached hydrogens (tertiary/aromatic N) is 2. The highest BCUT2D eigenvalue weighted by Crippen LogP contribution is 2.30. The zero-order valence-electron chi connectivity index (χ0n) is 12.4. The van der Waals surface area contributed by atoms with Gasteiger partial charge in [-0.05, 0) is 12.5 Å². The van der Waals surface area contributed by atoms with Crippen LogP contribution in [0.1, 0.15) is 30.7 Å². The van der Waals surface area contributed by atoms with Crippen LogP contribution in [0.5, 0.6) is 0 Å². The molecule has 0 saturated carbocycles. The number of amides is 1. The Hall–Kier alpha value is -2.46. The number of hydrogen-bond acceptors (Lipinski definition) is 3. The van der Waals surface area contributed by atoms with Crippen LogP contribution in [0.3, 0.4) is 0 Å². The third-order valence-corrected chi connectivity index (χ3v) is 3.69. The van der Waals surface area contributed by atoms with Gasteiger partial charge in [-0.3, -0.25) is 4.79 Å². The molecule has 1 N–H and O–H groups in total. The summed E-state index contributed by atoms with van der Waals surface area (Å²) in [5.41, 5.74) is 2.67. The number of aliphatic hydroxyl groups is 1. The van der Waals surface area contributed by atoms with Gasteiger partial charge in [0.1, 0.15) is 5.71 Å². The first kappa shape index (κ1) is 14.5. The van der Waals surface area contributed by atoms with E-state index in [4.69, 9.17) is 0 Å². The number of aliphatic hydroxyl groups excluding tert-OH is 1. The molecule has 0 spiro atoms. The van der Waals surface area contributed by atoms with Crippen LogP contribution in [0, 0.1) is 0 Å². The molecule has 0 fully saturated rings. The van der Waals surface area contributed by atoms with Crippen molar-refractivity contribution >= 4 is 17.3 Å². The molecular formula is C18H18N2O2. The standard InChI is InChI=1S/C18H18N2O2/c1-2-12-20-15-11-7-6-10-14(15)16(18(20)22)19-17(21)13-8-4-3-5-9-13/h3-11,17,21H,2,12H2,1H3. The molecule has 1 heterocycles. The first-order valence-corrected chi connectivity index (χ1v) is 7.44. The summed E-state index contributed by atoms with van der Waals surface area (Å²) in [6.07, 6.45) is -0.163. The molecule has 2 aromatic carbocycles. The van der Waals surface area contributed by atoms with Gasteiger partial charge in [-0.25, -0.2) is 4.99 Å². The van der Waals surface area contributed by atoms with Gasteiger partial charge in [-0.2, -0.15) is 0 Å². The number of aliphatic imine (C=N–C) groups is 1. The van der Waals surface area contributed by atoms with E-state index in [9.17, 15) is 9.90 Å². The molecule has 112 valence electrons. The smallest absolute Gasteiger partial charge is 0.277 e. The molecular weight excluding hydrogens is 276 g/mol. The van der Waals surface area contributed by atoms with Gasteiger partial charge in [0.25, 0.3) is 5.91 Å². The minimum atomic E-state index is -1.03. The number of fused-ring (bicyclic) bond motifs is 1. The second-order valence-corrected chi connectivity index (χ2v) is 5.24. The maximum absolute atomic E-state index is 12.6. The van der Waals surface area contributed by atoms with Crippen LogP contribution in [-0.2, 0) is 4.79 Å². The van der Waals surface area contributed by atoms with Crippen LogP contribution in [0.2, 0.25) is 0 Å². The van der Waals surface area contributed by atoms with Gasteiger partial charge in [0.2, 0.25) is 0 Å². The topological polar surface area (TPSA) is 52.9 Å². The van der Waals surface area contributed by atoms with E-state index in [1.807, 2.05) is 49.4 Å². The van der Waals surface area contributed by atoms with Gasteiger partial charge >= 0.3 is 0 Å². The Bertz CT molecular complexity index is 710. The van der Waals surface area contributed by atoms with E-state index in [1.165, 1.54) is 0 Å². The lowest BCUT2D eigenvalue weighted by Crippen LogP contribution is -2.31. The molecule has 1 aliphatic rings. The van der Waals surface area contributed by atoms with E-state index in [2.05, 4.69) is 4.99 Å². The number of carbonyl (C=O) groups is 1. The molecule has 0 bridgehead atoms. The van der Waals surface area contributed by atoms with Gasteiger partial charge < -0.3 is 10.0 Å². The van der Waals surface area contributed by atoms with Crippen molar-refractivity contribution in [1.29, 1.82) is 0 Å². The minimum Gasteiger partial charge on any atom is -0.368 e. The predicted octanol–water partition coefficient (Wildman–Crippen LogP) is 2.92. The molecule has 0 radical (unpaired) electrons. The maximum Gasteiger partial charge on any atom is 0.277 e. The summed E-state index contributed by atoms with van der Waals surface area (Å²) in [7, 11) is 0. The first-order valence-electron chi connectivity index (χ1n) is 7.44. The molecule has 1 unspecified atom stereocenters. The van der Waals surface area contributed by atoms with E-state index in [0.717, 1.165) is 17.7 Å². The van der Waals surface area contributed by atoms with E-state index in [1.54, 1.807) is 17.0 Å². The highest BCUT2D eigenvalue weighted by atomic mass is 16.3. The fourth-order valence-corrected chi connectivity index (χ4v) is 2.65. The Balaban J connectivity index is 2.00. The van der Waals surface area contributed by atoms with Crippen molar-refractivity contribution in [3.8, 4) is 0 Å². The van der Waals surface area contributed by atoms with Gasteiger partial charge in [0.05, 0.1) is 5.69 Å². The van der Waals surface area contributed by atoms with Crippen molar-refractivity contribution in [1.82, 2.24) is 0 Å². The fourth-order valence-electron chi connectivity index (χ4n) is 2.65. The number of anilines is 1. The second-order valence-electron chi connectivity index (χ2n) is 5.24. The summed E-state index contributed by atoms with van der Waals surface area (Å²) in [6.45, 7) is 2.68. The summed E-state index contributed by atoms with van der Waals surface area (Å²) >= 11 is 0. The van der Waals surface area contributed by atoms with Crippen molar-refractivity contribution in [3.63, 3.8) is 0 Å². The zero-order chi connectivity index (χ0) is 15.5. The Labute approximate surface area is 129 Å². The van der Waals surface area contributed by atoms with Gasteiger partial charge in [-0.15, -0.1) is 0 Å². The zero-order valence-corrected chi connectivity index (χ0v) is 12.4. The van der Waals surface area contributed by atoms with Crippen LogP contribution >= 0.6 is 0 Å². The average molecular weight is 294 g/mol. The number of rotatable bonds is 4. The molecule has 1 atom stereocenters. The van der Waals surface area contributed by atoms with Crippen LogP contribution in [0.15, 0.2) is 59.6 Å². The van der Waals surface area contributed by atoms with Crippen molar-refractivity contribution in [2.75, 3.05) is 11.4 Å². The van der Waals surface area contributed by atoms with E-state index >= 15 is 0 Å². The van der Waals surface area contributed by atoms with Gasteiger partial charge in [-0.1, -0.05) is 55.5 Å². The normalized spacial score (nSPS) is 16.9. The quantitative estimate of drug-likeness (QED) is 0.942. The predicted molar refractivity (Wildman–Crippen MR) is 87.0 cm³/mol. The number of para-hydroxylation sites is 1. The van der Waals surface area contributed by atoms with E-state index in [-0.39, 0.29) is 5.91 Å². The fraction of sp³-hybridized carbons (Fsp3) is 0.222. The van der Waals surface area contributed by atoms with Crippen LogP contribution < -0.4 is 4.90 Å². The highest BCUT2D eigenvalue weighted by Gasteiger charge is 2.33. The molecule has 1 amide bonds. The van der Waals surface area contributed by atoms with Crippen LogP contribution in [0.25, 0.3) is 0 Å². The largest absolute Gasteiger partial charge is 0.368 e. The minimum absolute atomic E-state index is 0.141. The Kier molecular flexibility index (Phi) is 4.02. The summed E-state index contributed by atoms with van der Waals surface area (Å²) in [6, 6.07) is 16.7. The Morgan fingerprint density at radius 3 is 2.50 bits per heavy atom. The Morgan fingerprint density at radius 1 is 1.09 bits per heavy atom. The molecule has 0 aromatic heterocycles. The van der Waals surface area contributed by atoms with Gasteiger partial charge in [0.15, 0.2) is 6.23 Å². The van der Waals surface area contributed by atoms with E-state index in [0.29, 0.717) is 17.8 Å². The number of benzene rings is 2. The maximum atomic E-state index is 12.6. The monoisotopic (exact) mass is 294 g/mol. The number of carbonyl (C=O) groups excluding carboxylic acids is 1. The molecule has 3 rings (SSSR count). The molecule has 22 heavy (non-hydrogen) atoms. The lowest BCUT2D eigenvalue weighted by Gasteiger charge is -2.15. The third-order valence-electron chi connectivity index (χ3n) is 3.69. The average Bonchev–Trinajstić information content (AvgIpc) is 2.82. The number of hydrogen-bond donors (Lipinski definition) is 1. The lowest BCUT2D eigenvalue weighted by molar-refractivity contribution is -0.112. The summed E-state index contributed by atoms with van der Waals surface area (Å²) in [5, 5.41) is 10.3. The molecule has 4 nitrogen and oxygen atoms in total. The Morgan fingerprint density at radius 2 is 1.77 bits per heavy atom. The molecule has 2 aromatic rings. The third kappa shape index (κ3) is 2.53. The van der Waals surface area contributed by atoms with Crippen molar-refractivity contribution in [2.45, 2.75) is 19.6 Å². The summed E-state index contributed by atoms with van der Waals surface area (Å²) in [5.74, 6) is -0.141. The van der Waals surface area contributed by atoms with Crippen molar-refractivity contribution < 1.29 is 9.90 Å². The summed E-state index contributed by atoms with van der Waals surface area (Å²) < 4.78 is 0. The van der Waals surface area contributed by atoms with E-state index < -0.39 is 6.23 Å². The molecule has 4 heteroatoms. The van der Waals surface area contributed by atoms with Gasteiger partial charge in [0, 0.05) is 17.7 Å². The van der Waals surface area contributed by atoms with Crippen molar-refractivity contribution in [2.24, 2.45) is 4.99 Å². The van der Waals surface area contributed by atoms with Crippen molar-refractivity contribution in [3.05, 3.63) is 65.7 Å². The van der Waals surface area contributed by atoms with Crippen LogP contribution in [-0.4, -0.2) is 23.3 Å².